The highest BCUT2D eigenvalue weighted by atomic mass is 19.1. The minimum atomic E-state index is -0.615. The molecule has 0 unspecified atom stereocenters. The van der Waals surface area contributed by atoms with Gasteiger partial charge in [-0.15, -0.1) is 0 Å². The van der Waals surface area contributed by atoms with Crippen molar-refractivity contribution in [2.24, 2.45) is 5.73 Å². The van der Waals surface area contributed by atoms with Gasteiger partial charge in [0.2, 0.25) is 0 Å². The number of halogens is 1. The van der Waals surface area contributed by atoms with E-state index in [2.05, 4.69) is 0 Å². The lowest BCUT2D eigenvalue weighted by Gasteiger charge is -2.24. The number of rotatable bonds is 4. The first kappa shape index (κ1) is 14.6. The molecule has 2 rings (SSSR count). The highest BCUT2D eigenvalue weighted by molar-refractivity contribution is 5.95. The van der Waals surface area contributed by atoms with Crippen LogP contribution in [0, 0.1) is 5.82 Å². The minimum Gasteiger partial charge on any atom is -0.493 e. The van der Waals surface area contributed by atoms with Crippen molar-refractivity contribution in [2.45, 2.75) is 18.9 Å². The van der Waals surface area contributed by atoms with Crippen LogP contribution in [0.5, 0.6) is 11.5 Å². The number of carbonyl (C=O) groups is 1. The average molecular weight is 282 g/mol. The Morgan fingerprint density at radius 3 is 2.65 bits per heavy atom. The highest BCUT2D eigenvalue weighted by Crippen LogP contribution is 2.31. The molecule has 1 heterocycles. The van der Waals surface area contributed by atoms with Gasteiger partial charge < -0.3 is 20.1 Å². The highest BCUT2D eigenvalue weighted by Gasteiger charge is 2.30. The van der Waals surface area contributed by atoms with Crippen molar-refractivity contribution in [1.29, 1.82) is 0 Å². The molecule has 1 atom stereocenters. The fourth-order valence-corrected chi connectivity index (χ4v) is 2.52. The van der Waals surface area contributed by atoms with E-state index in [0.29, 0.717) is 18.8 Å². The summed E-state index contributed by atoms with van der Waals surface area (Å²) in [4.78, 5) is 14.1. The molecule has 1 aliphatic rings. The van der Waals surface area contributed by atoms with Gasteiger partial charge in [-0.05, 0) is 18.9 Å². The maximum Gasteiger partial charge on any atom is 0.257 e. The molecule has 5 nitrogen and oxygen atoms in total. The Morgan fingerprint density at radius 2 is 2.05 bits per heavy atom. The third-order valence-electron chi connectivity index (χ3n) is 3.61. The summed E-state index contributed by atoms with van der Waals surface area (Å²) in [6, 6.07) is 2.53. The van der Waals surface area contributed by atoms with Crippen molar-refractivity contribution in [3.05, 3.63) is 23.5 Å². The standard InChI is InChI=1S/C14H19FN2O3/c1-19-12-6-10(11(15)7-13(12)20-2)14(18)17-5-3-4-9(17)8-16/h6-7,9H,3-5,8,16H2,1-2H3/t9-/m0/s1. The lowest BCUT2D eigenvalue weighted by atomic mass is 10.1. The number of amides is 1. The first-order valence-electron chi connectivity index (χ1n) is 6.55. The van der Waals surface area contributed by atoms with Gasteiger partial charge in [-0.25, -0.2) is 4.39 Å². The topological polar surface area (TPSA) is 64.8 Å². The van der Waals surface area contributed by atoms with Gasteiger partial charge in [0.25, 0.3) is 5.91 Å². The van der Waals surface area contributed by atoms with Crippen molar-refractivity contribution in [2.75, 3.05) is 27.3 Å². The van der Waals surface area contributed by atoms with E-state index in [1.165, 1.54) is 26.4 Å². The predicted molar refractivity (Wildman–Crippen MR) is 72.6 cm³/mol. The number of carbonyl (C=O) groups excluding carboxylic acids is 1. The zero-order chi connectivity index (χ0) is 14.7. The Labute approximate surface area is 117 Å². The van der Waals surface area contributed by atoms with E-state index in [1.807, 2.05) is 0 Å². The summed E-state index contributed by atoms with van der Waals surface area (Å²) >= 11 is 0. The normalized spacial score (nSPS) is 18.2. The first-order chi connectivity index (χ1) is 9.62. The fourth-order valence-electron chi connectivity index (χ4n) is 2.52. The van der Waals surface area contributed by atoms with Crippen LogP contribution >= 0.6 is 0 Å². The minimum absolute atomic E-state index is 0.0111. The Morgan fingerprint density at radius 1 is 1.40 bits per heavy atom. The lowest BCUT2D eigenvalue weighted by Crippen LogP contribution is -2.40. The summed E-state index contributed by atoms with van der Waals surface area (Å²) in [7, 11) is 2.87. The molecule has 0 radical (unpaired) electrons. The van der Waals surface area contributed by atoms with Gasteiger partial charge in [0.15, 0.2) is 11.5 Å². The van der Waals surface area contributed by atoms with E-state index >= 15 is 0 Å². The number of nitrogens with two attached hydrogens (primary N) is 1. The smallest absolute Gasteiger partial charge is 0.257 e. The molecular formula is C14H19FN2O3. The summed E-state index contributed by atoms with van der Waals surface area (Å²) < 4.78 is 24.2. The molecule has 1 fully saturated rings. The van der Waals surface area contributed by atoms with E-state index in [1.54, 1.807) is 4.90 Å². The summed E-state index contributed by atoms with van der Waals surface area (Å²) in [6.45, 7) is 0.995. The van der Waals surface area contributed by atoms with Crippen LogP contribution in [-0.4, -0.2) is 44.2 Å². The molecule has 1 aliphatic heterocycles. The number of hydrogen-bond donors (Lipinski definition) is 1. The number of likely N-dealkylation sites (tertiary alicyclic amines) is 1. The summed E-state index contributed by atoms with van der Waals surface area (Å²) in [5.74, 6) is -0.370. The largest absolute Gasteiger partial charge is 0.493 e. The van der Waals surface area contributed by atoms with Crippen molar-refractivity contribution in [1.82, 2.24) is 4.90 Å². The summed E-state index contributed by atoms with van der Waals surface area (Å²) in [5.41, 5.74) is 5.64. The Bertz CT molecular complexity index is 507. The van der Waals surface area contributed by atoms with E-state index < -0.39 is 5.82 Å². The Kier molecular flexibility index (Phi) is 4.44. The third-order valence-corrected chi connectivity index (χ3v) is 3.61. The molecular weight excluding hydrogens is 263 g/mol. The van der Waals surface area contributed by atoms with Gasteiger partial charge in [0, 0.05) is 25.2 Å². The van der Waals surface area contributed by atoms with Crippen molar-refractivity contribution < 1.29 is 18.7 Å². The maximum absolute atomic E-state index is 14.1. The number of nitrogens with zero attached hydrogens (tertiary/aromatic N) is 1. The second kappa shape index (κ2) is 6.09. The molecule has 2 N–H and O–H groups in total. The van der Waals surface area contributed by atoms with Crippen LogP contribution in [0.3, 0.4) is 0 Å². The number of ether oxygens (including phenoxy) is 2. The Hall–Kier alpha value is -1.82. The molecule has 1 amide bonds. The van der Waals surface area contributed by atoms with Crippen LogP contribution in [-0.2, 0) is 0 Å². The van der Waals surface area contributed by atoms with Crippen LogP contribution in [0.15, 0.2) is 12.1 Å². The second-order valence-corrected chi connectivity index (χ2v) is 4.72. The fraction of sp³-hybridized carbons (Fsp3) is 0.500. The molecule has 0 aliphatic carbocycles. The molecule has 1 saturated heterocycles. The lowest BCUT2D eigenvalue weighted by molar-refractivity contribution is 0.0736. The van der Waals surface area contributed by atoms with Crippen LogP contribution in [0.25, 0.3) is 0 Å². The number of benzene rings is 1. The molecule has 20 heavy (non-hydrogen) atoms. The van der Waals surface area contributed by atoms with Gasteiger partial charge in [-0.3, -0.25) is 4.79 Å². The molecule has 1 aromatic carbocycles. The van der Waals surface area contributed by atoms with Gasteiger partial charge in [-0.2, -0.15) is 0 Å². The van der Waals surface area contributed by atoms with Gasteiger partial charge >= 0.3 is 0 Å². The zero-order valence-corrected chi connectivity index (χ0v) is 11.7. The van der Waals surface area contributed by atoms with Crippen LogP contribution < -0.4 is 15.2 Å². The van der Waals surface area contributed by atoms with Crippen molar-refractivity contribution in [3.63, 3.8) is 0 Å². The summed E-state index contributed by atoms with van der Waals surface area (Å²) in [6.07, 6.45) is 1.75. The monoisotopic (exact) mass is 282 g/mol. The molecule has 0 saturated carbocycles. The third kappa shape index (κ3) is 2.56. The van der Waals surface area contributed by atoms with Crippen LogP contribution in [0.2, 0.25) is 0 Å². The van der Waals surface area contributed by atoms with E-state index in [4.69, 9.17) is 15.2 Å². The molecule has 110 valence electrons. The quantitative estimate of drug-likeness (QED) is 0.906. The van der Waals surface area contributed by atoms with Crippen molar-refractivity contribution in [3.8, 4) is 11.5 Å². The molecule has 0 bridgehead atoms. The van der Waals surface area contributed by atoms with Gasteiger partial charge in [0.05, 0.1) is 19.8 Å². The maximum atomic E-state index is 14.1. The molecule has 6 heteroatoms. The van der Waals surface area contributed by atoms with Gasteiger partial charge in [0.1, 0.15) is 5.82 Å². The average Bonchev–Trinajstić information content (AvgIpc) is 2.94. The molecule has 0 spiro atoms. The zero-order valence-electron chi connectivity index (χ0n) is 11.7. The van der Waals surface area contributed by atoms with Crippen LogP contribution in [0.4, 0.5) is 4.39 Å². The van der Waals surface area contributed by atoms with E-state index in [0.717, 1.165) is 12.8 Å². The molecule has 0 aromatic heterocycles. The summed E-state index contributed by atoms with van der Waals surface area (Å²) in [5, 5.41) is 0. The predicted octanol–water partition coefficient (Wildman–Crippen LogP) is 1.41. The van der Waals surface area contributed by atoms with E-state index in [9.17, 15) is 9.18 Å². The Balaban J connectivity index is 2.34. The number of hydrogen-bond acceptors (Lipinski definition) is 4. The second-order valence-electron chi connectivity index (χ2n) is 4.72. The van der Waals surface area contributed by atoms with Gasteiger partial charge in [-0.1, -0.05) is 0 Å². The van der Waals surface area contributed by atoms with Crippen LogP contribution in [0.1, 0.15) is 23.2 Å². The SMILES string of the molecule is COc1cc(F)c(C(=O)N2CCC[C@H]2CN)cc1OC. The first-order valence-corrected chi connectivity index (χ1v) is 6.55. The van der Waals surface area contributed by atoms with E-state index in [-0.39, 0.29) is 23.3 Å². The molecule has 1 aromatic rings. The number of methoxy groups -OCH3 is 2. The van der Waals surface area contributed by atoms with Crippen molar-refractivity contribution >= 4 is 5.91 Å².